The molecular formula is C18H20BrNOS. The van der Waals surface area contributed by atoms with E-state index >= 15 is 0 Å². The van der Waals surface area contributed by atoms with Crippen LogP contribution in [0.25, 0.3) is 0 Å². The molecule has 1 unspecified atom stereocenters. The smallest absolute Gasteiger partial charge is 0.230 e. The Balaban J connectivity index is 1.75. The normalized spacial score (nSPS) is 12.0. The summed E-state index contributed by atoms with van der Waals surface area (Å²) in [4.78, 5) is 12.0. The molecule has 2 rings (SSSR count). The van der Waals surface area contributed by atoms with Crippen molar-refractivity contribution in [2.75, 3.05) is 5.75 Å². The third-order valence-electron chi connectivity index (χ3n) is 3.37. The van der Waals surface area contributed by atoms with Crippen LogP contribution in [0.15, 0.2) is 53.0 Å². The lowest BCUT2D eigenvalue weighted by Crippen LogP contribution is -2.28. The molecule has 1 atom stereocenters. The summed E-state index contributed by atoms with van der Waals surface area (Å²) in [6.07, 6.45) is 0. The first kappa shape index (κ1) is 17.1. The van der Waals surface area contributed by atoms with E-state index in [0.717, 1.165) is 15.8 Å². The van der Waals surface area contributed by atoms with Crippen LogP contribution >= 0.6 is 27.7 Å². The zero-order chi connectivity index (χ0) is 15.9. The van der Waals surface area contributed by atoms with Crippen molar-refractivity contribution in [1.82, 2.24) is 5.32 Å². The monoisotopic (exact) mass is 377 g/mol. The molecule has 0 aliphatic carbocycles. The predicted molar refractivity (Wildman–Crippen MR) is 98.0 cm³/mol. The fourth-order valence-corrected chi connectivity index (χ4v) is 3.13. The van der Waals surface area contributed by atoms with Gasteiger partial charge in [0.2, 0.25) is 5.91 Å². The summed E-state index contributed by atoms with van der Waals surface area (Å²) in [6.45, 7) is 4.08. The maximum absolute atomic E-state index is 12.0. The van der Waals surface area contributed by atoms with Gasteiger partial charge in [0.15, 0.2) is 0 Å². The Hall–Kier alpha value is -1.26. The van der Waals surface area contributed by atoms with Crippen LogP contribution in [-0.4, -0.2) is 11.7 Å². The second kappa shape index (κ2) is 8.39. The number of carbonyl (C=O) groups is 1. The van der Waals surface area contributed by atoms with E-state index in [0.29, 0.717) is 5.75 Å². The van der Waals surface area contributed by atoms with Gasteiger partial charge in [0.05, 0.1) is 11.8 Å². The SMILES string of the molecule is Cc1ccc(C(C)NC(=O)CSCc2ccc(Br)cc2)cc1. The molecule has 0 saturated carbocycles. The van der Waals surface area contributed by atoms with Gasteiger partial charge in [-0.25, -0.2) is 0 Å². The predicted octanol–water partition coefficient (Wildman–Crippen LogP) is 4.87. The number of halogens is 1. The summed E-state index contributed by atoms with van der Waals surface area (Å²) < 4.78 is 1.07. The number of nitrogens with one attached hydrogen (secondary N) is 1. The first-order valence-electron chi connectivity index (χ1n) is 7.22. The molecule has 1 N–H and O–H groups in total. The fraction of sp³-hybridized carbons (Fsp3) is 0.278. The molecule has 0 fully saturated rings. The highest BCUT2D eigenvalue weighted by Gasteiger charge is 2.09. The van der Waals surface area contributed by atoms with Gasteiger partial charge < -0.3 is 5.32 Å². The molecule has 0 spiro atoms. The maximum Gasteiger partial charge on any atom is 0.230 e. The molecule has 2 nitrogen and oxygen atoms in total. The molecule has 22 heavy (non-hydrogen) atoms. The van der Waals surface area contributed by atoms with Crippen LogP contribution in [0.4, 0.5) is 0 Å². The van der Waals surface area contributed by atoms with Crippen LogP contribution in [0.5, 0.6) is 0 Å². The van der Waals surface area contributed by atoms with Gasteiger partial charge in [-0.3, -0.25) is 4.79 Å². The zero-order valence-electron chi connectivity index (χ0n) is 12.8. The summed E-state index contributed by atoms with van der Waals surface area (Å²) in [5, 5.41) is 3.04. The average molecular weight is 378 g/mol. The molecular weight excluding hydrogens is 358 g/mol. The van der Waals surface area contributed by atoms with Gasteiger partial charge in [0, 0.05) is 10.2 Å². The summed E-state index contributed by atoms with van der Waals surface area (Å²) >= 11 is 5.05. The standard InChI is InChI=1S/C18H20BrNOS/c1-13-3-7-16(8-4-13)14(2)20-18(21)12-22-11-15-5-9-17(19)10-6-15/h3-10,14H,11-12H2,1-2H3,(H,20,21). The molecule has 0 heterocycles. The van der Waals surface area contributed by atoms with Crippen LogP contribution in [0, 0.1) is 6.92 Å². The van der Waals surface area contributed by atoms with Crippen LogP contribution in [-0.2, 0) is 10.5 Å². The van der Waals surface area contributed by atoms with Crippen molar-refractivity contribution >= 4 is 33.6 Å². The number of hydrogen-bond acceptors (Lipinski definition) is 2. The van der Waals surface area contributed by atoms with Gasteiger partial charge >= 0.3 is 0 Å². The first-order valence-corrected chi connectivity index (χ1v) is 9.17. The van der Waals surface area contributed by atoms with E-state index in [1.807, 2.05) is 19.1 Å². The Morgan fingerprint density at radius 1 is 1.14 bits per heavy atom. The molecule has 0 aliphatic rings. The Labute approximate surface area is 144 Å². The Morgan fingerprint density at radius 3 is 2.41 bits per heavy atom. The van der Waals surface area contributed by atoms with E-state index in [1.54, 1.807) is 11.8 Å². The van der Waals surface area contributed by atoms with Gasteiger partial charge in [-0.05, 0) is 37.1 Å². The zero-order valence-corrected chi connectivity index (χ0v) is 15.2. The topological polar surface area (TPSA) is 29.1 Å². The number of aryl methyl sites for hydroxylation is 1. The van der Waals surface area contributed by atoms with E-state index in [1.165, 1.54) is 11.1 Å². The van der Waals surface area contributed by atoms with Gasteiger partial charge in [-0.15, -0.1) is 11.8 Å². The van der Waals surface area contributed by atoms with Crippen LogP contribution < -0.4 is 5.32 Å². The Morgan fingerprint density at radius 2 is 1.77 bits per heavy atom. The van der Waals surface area contributed by atoms with Gasteiger partial charge in [-0.1, -0.05) is 57.9 Å². The molecule has 2 aromatic carbocycles. The van der Waals surface area contributed by atoms with Crippen molar-refractivity contribution in [3.05, 3.63) is 69.7 Å². The first-order chi connectivity index (χ1) is 10.5. The van der Waals surface area contributed by atoms with Crippen molar-refractivity contribution in [3.63, 3.8) is 0 Å². The fourth-order valence-electron chi connectivity index (χ4n) is 2.06. The molecule has 2 aromatic rings. The summed E-state index contributed by atoms with van der Waals surface area (Å²) in [5.41, 5.74) is 3.59. The second-order valence-corrected chi connectivity index (χ2v) is 7.22. The second-order valence-electron chi connectivity index (χ2n) is 5.32. The minimum Gasteiger partial charge on any atom is -0.349 e. The molecule has 0 radical (unpaired) electrons. The number of rotatable bonds is 6. The van der Waals surface area contributed by atoms with Crippen molar-refractivity contribution in [1.29, 1.82) is 0 Å². The largest absolute Gasteiger partial charge is 0.349 e. The number of hydrogen-bond donors (Lipinski definition) is 1. The lowest BCUT2D eigenvalue weighted by Gasteiger charge is -2.14. The number of amides is 1. The lowest BCUT2D eigenvalue weighted by molar-refractivity contribution is -0.119. The quantitative estimate of drug-likeness (QED) is 0.777. The highest BCUT2D eigenvalue weighted by molar-refractivity contribution is 9.10. The Bertz CT molecular complexity index is 610. The highest BCUT2D eigenvalue weighted by atomic mass is 79.9. The van der Waals surface area contributed by atoms with Crippen molar-refractivity contribution < 1.29 is 4.79 Å². The van der Waals surface area contributed by atoms with Crippen LogP contribution in [0.3, 0.4) is 0 Å². The minimum atomic E-state index is 0.0429. The van der Waals surface area contributed by atoms with E-state index in [9.17, 15) is 4.79 Å². The van der Waals surface area contributed by atoms with Crippen molar-refractivity contribution in [3.8, 4) is 0 Å². The van der Waals surface area contributed by atoms with E-state index in [2.05, 4.69) is 64.6 Å². The molecule has 0 bridgehead atoms. The molecule has 0 aliphatic heterocycles. The van der Waals surface area contributed by atoms with Crippen LogP contribution in [0.2, 0.25) is 0 Å². The third-order valence-corrected chi connectivity index (χ3v) is 4.90. The van der Waals surface area contributed by atoms with E-state index in [4.69, 9.17) is 0 Å². The van der Waals surface area contributed by atoms with Gasteiger partial charge in [-0.2, -0.15) is 0 Å². The lowest BCUT2D eigenvalue weighted by atomic mass is 10.1. The van der Waals surface area contributed by atoms with Crippen molar-refractivity contribution in [2.45, 2.75) is 25.6 Å². The van der Waals surface area contributed by atoms with Gasteiger partial charge in [0.1, 0.15) is 0 Å². The average Bonchev–Trinajstić information content (AvgIpc) is 2.50. The van der Waals surface area contributed by atoms with Crippen LogP contribution in [0.1, 0.15) is 29.7 Å². The summed E-state index contributed by atoms with van der Waals surface area (Å²) in [7, 11) is 0. The highest BCUT2D eigenvalue weighted by Crippen LogP contribution is 2.17. The van der Waals surface area contributed by atoms with Gasteiger partial charge in [0.25, 0.3) is 0 Å². The summed E-state index contributed by atoms with van der Waals surface area (Å²) in [6, 6.07) is 16.5. The number of benzene rings is 2. The molecule has 4 heteroatoms. The third kappa shape index (κ3) is 5.50. The van der Waals surface area contributed by atoms with Crippen molar-refractivity contribution in [2.24, 2.45) is 0 Å². The molecule has 116 valence electrons. The maximum atomic E-state index is 12.0. The van der Waals surface area contributed by atoms with E-state index < -0.39 is 0 Å². The number of carbonyl (C=O) groups excluding carboxylic acids is 1. The summed E-state index contributed by atoms with van der Waals surface area (Å²) in [5.74, 6) is 1.40. The Kier molecular flexibility index (Phi) is 6.52. The number of thioether (sulfide) groups is 1. The molecule has 0 saturated heterocycles. The molecule has 0 aromatic heterocycles. The minimum absolute atomic E-state index is 0.0429. The molecule has 1 amide bonds. The van der Waals surface area contributed by atoms with E-state index in [-0.39, 0.29) is 11.9 Å².